The molecule has 0 unspecified atom stereocenters. The third-order valence-electron chi connectivity index (χ3n) is 7.04. The number of carbonyl (C=O) groups is 3. The summed E-state index contributed by atoms with van der Waals surface area (Å²) in [6, 6.07) is 10.6. The standard InChI is InChI=1S/C23H23N5O6/c1-25-21(30)23(20(29)24-22(25)31)12-14-11-15(28(32)33)7-8-16(14)27-10-9-26(13-19(23)27)17-5-3-4-6-18(17)34-2/h3-8,11,19H,9-10,12-13H2,1-2H3,(H,24,29,31)/t19-,23-/m0/s1. The number of barbiturate groups is 1. The van der Waals surface area contributed by atoms with Gasteiger partial charge < -0.3 is 14.5 Å². The average molecular weight is 465 g/mol. The molecule has 11 nitrogen and oxygen atoms in total. The number of nitrogens with zero attached hydrogens (tertiary/aromatic N) is 4. The van der Waals surface area contributed by atoms with E-state index in [2.05, 4.69) is 10.2 Å². The van der Waals surface area contributed by atoms with Gasteiger partial charge in [-0.3, -0.25) is 29.9 Å². The number of non-ortho nitro benzene ring substituents is 1. The third kappa shape index (κ3) is 3.00. The van der Waals surface area contributed by atoms with Crippen molar-refractivity contribution in [3.05, 3.63) is 58.1 Å². The van der Waals surface area contributed by atoms with Crippen LogP contribution < -0.4 is 19.9 Å². The quantitative estimate of drug-likeness (QED) is 0.411. The summed E-state index contributed by atoms with van der Waals surface area (Å²) in [6.45, 7) is 1.36. The highest BCUT2D eigenvalue weighted by Crippen LogP contribution is 2.47. The first-order valence-electron chi connectivity index (χ1n) is 10.8. The molecule has 2 saturated heterocycles. The molecule has 1 spiro atoms. The van der Waals surface area contributed by atoms with Gasteiger partial charge in [0, 0.05) is 50.9 Å². The number of para-hydroxylation sites is 2. The zero-order chi connectivity index (χ0) is 24.2. The number of methoxy groups -OCH3 is 1. The molecule has 0 bridgehead atoms. The van der Waals surface area contributed by atoms with E-state index in [0.717, 1.165) is 16.3 Å². The lowest BCUT2D eigenvalue weighted by atomic mass is 9.67. The molecule has 0 aromatic heterocycles. The van der Waals surface area contributed by atoms with Crippen LogP contribution in [0.4, 0.5) is 21.9 Å². The number of nitro benzene ring substituents is 1. The van der Waals surface area contributed by atoms with Gasteiger partial charge >= 0.3 is 6.03 Å². The summed E-state index contributed by atoms with van der Waals surface area (Å²) in [4.78, 5) is 55.1. The summed E-state index contributed by atoms with van der Waals surface area (Å²) in [5.41, 5.74) is 0.380. The van der Waals surface area contributed by atoms with Gasteiger partial charge in [0.25, 0.3) is 5.69 Å². The Morgan fingerprint density at radius 2 is 1.88 bits per heavy atom. The molecule has 2 aromatic carbocycles. The minimum atomic E-state index is -1.62. The molecule has 34 heavy (non-hydrogen) atoms. The van der Waals surface area contributed by atoms with Crippen molar-refractivity contribution >= 4 is 34.9 Å². The van der Waals surface area contributed by atoms with Crippen molar-refractivity contribution in [2.45, 2.75) is 12.5 Å². The fraction of sp³-hybridized carbons (Fsp3) is 0.348. The van der Waals surface area contributed by atoms with Crippen LogP contribution in [0.2, 0.25) is 0 Å². The smallest absolute Gasteiger partial charge is 0.330 e. The maximum absolute atomic E-state index is 13.6. The lowest BCUT2D eigenvalue weighted by Crippen LogP contribution is -2.74. The second-order valence-corrected chi connectivity index (χ2v) is 8.67. The number of imide groups is 2. The number of nitro groups is 1. The van der Waals surface area contributed by atoms with Gasteiger partial charge in [0.2, 0.25) is 11.8 Å². The second kappa shape index (κ2) is 7.72. The molecule has 2 atom stereocenters. The largest absolute Gasteiger partial charge is 0.495 e. The van der Waals surface area contributed by atoms with Gasteiger partial charge in [-0.2, -0.15) is 0 Å². The third-order valence-corrected chi connectivity index (χ3v) is 7.04. The summed E-state index contributed by atoms with van der Waals surface area (Å²) in [5, 5.41) is 13.7. The van der Waals surface area contributed by atoms with Crippen LogP contribution in [0.25, 0.3) is 0 Å². The highest BCUT2D eigenvalue weighted by molar-refractivity contribution is 6.20. The molecule has 4 amide bonds. The van der Waals surface area contributed by atoms with Crippen LogP contribution in [0.1, 0.15) is 5.56 Å². The topological polar surface area (TPSA) is 125 Å². The first-order valence-corrected chi connectivity index (χ1v) is 10.8. The molecule has 3 aliphatic rings. The SMILES string of the molecule is COc1ccccc1N1CCN2c3ccc([N+](=O)[O-])cc3C[C@@]3(C(=O)NC(=O)N(C)C3=O)[C@@H]2C1. The van der Waals surface area contributed by atoms with Crippen LogP contribution >= 0.6 is 0 Å². The summed E-state index contributed by atoms with van der Waals surface area (Å²) in [7, 11) is 2.92. The van der Waals surface area contributed by atoms with Crippen molar-refractivity contribution in [1.29, 1.82) is 0 Å². The number of piperazine rings is 1. The van der Waals surface area contributed by atoms with Gasteiger partial charge in [-0.05, 0) is 23.8 Å². The fourth-order valence-electron chi connectivity index (χ4n) is 5.36. The Morgan fingerprint density at radius 1 is 1.12 bits per heavy atom. The number of hydrogen-bond acceptors (Lipinski definition) is 8. The number of fused-ring (bicyclic) bond motifs is 4. The van der Waals surface area contributed by atoms with E-state index in [4.69, 9.17) is 4.74 Å². The number of nitrogens with one attached hydrogen (secondary N) is 1. The number of anilines is 2. The lowest BCUT2D eigenvalue weighted by molar-refractivity contribution is -0.384. The Hall–Kier alpha value is -4.15. The van der Waals surface area contributed by atoms with E-state index < -0.39 is 34.2 Å². The van der Waals surface area contributed by atoms with Crippen molar-refractivity contribution in [1.82, 2.24) is 10.2 Å². The van der Waals surface area contributed by atoms with E-state index >= 15 is 0 Å². The highest BCUT2D eigenvalue weighted by atomic mass is 16.6. The number of amides is 4. The van der Waals surface area contributed by atoms with E-state index in [0.29, 0.717) is 30.9 Å². The van der Waals surface area contributed by atoms with Crippen LogP contribution in [0, 0.1) is 15.5 Å². The Labute approximate surface area is 195 Å². The van der Waals surface area contributed by atoms with Crippen LogP contribution in [0.15, 0.2) is 42.5 Å². The normalized spacial score (nSPS) is 24.0. The van der Waals surface area contributed by atoms with E-state index in [1.165, 1.54) is 19.2 Å². The molecule has 11 heteroatoms. The lowest BCUT2D eigenvalue weighted by Gasteiger charge is -2.55. The Balaban J connectivity index is 1.65. The number of benzene rings is 2. The van der Waals surface area contributed by atoms with Gasteiger partial charge in [0.1, 0.15) is 5.75 Å². The highest BCUT2D eigenvalue weighted by Gasteiger charge is 2.62. The Kier molecular flexibility index (Phi) is 4.92. The molecule has 0 radical (unpaired) electrons. The molecule has 2 fully saturated rings. The molecule has 0 aliphatic carbocycles. The first kappa shape index (κ1) is 21.7. The maximum atomic E-state index is 13.6. The summed E-state index contributed by atoms with van der Waals surface area (Å²) in [6.07, 6.45) is -0.0484. The van der Waals surface area contributed by atoms with Crippen LogP contribution in [-0.4, -0.2) is 67.5 Å². The van der Waals surface area contributed by atoms with E-state index in [9.17, 15) is 24.5 Å². The monoisotopic (exact) mass is 465 g/mol. The number of carbonyl (C=O) groups excluding carboxylic acids is 3. The number of ether oxygens (including phenoxy) is 1. The minimum absolute atomic E-state index is 0.0484. The summed E-state index contributed by atoms with van der Waals surface area (Å²) in [5.74, 6) is -0.631. The summed E-state index contributed by atoms with van der Waals surface area (Å²) < 4.78 is 5.52. The van der Waals surface area contributed by atoms with E-state index in [1.807, 2.05) is 29.2 Å². The summed E-state index contributed by atoms with van der Waals surface area (Å²) >= 11 is 0. The molecular weight excluding hydrogens is 442 g/mol. The molecule has 3 aliphatic heterocycles. The first-order chi connectivity index (χ1) is 16.3. The number of urea groups is 1. The van der Waals surface area contributed by atoms with Crippen molar-refractivity contribution in [2.75, 3.05) is 43.6 Å². The number of hydrogen-bond donors (Lipinski definition) is 1. The maximum Gasteiger partial charge on any atom is 0.330 e. The van der Waals surface area contributed by atoms with Crippen LogP contribution in [-0.2, 0) is 16.0 Å². The molecule has 0 saturated carbocycles. The molecule has 3 heterocycles. The fourth-order valence-corrected chi connectivity index (χ4v) is 5.36. The molecular formula is C23H23N5O6. The Bertz CT molecular complexity index is 1230. The molecule has 5 rings (SSSR count). The zero-order valence-corrected chi connectivity index (χ0v) is 18.7. The van der Waals surface area contributed by atoms with Gasteiger partial charge in [0.05, 0.1) is 23.8 Å². The van der Waals surface area contributed by atoms with Crippen molar-refractivity contribution in [3.8, 4) is 5.75 Å². The van der Waals surface area contributed by atoms with E-state index in [-0.39, 0.29) is 12.1 Å². The Morgan fingerprint density at radius 3 is 2.62 bits per heavy atom. The molecule has 1 N–H and O–H groups in total. The van der Waals surface area contributed by atoms with Gasteiger partial charge in [-0.1, -0.05) is 12.1 Å². The van der Waals surface area contributed by atoms with Crippen molar-refractivity contribution in [2.24, 2.45) is 5.41 Å². The van der Waals surface area contributed by atoms with Crippen LogP contribution in [0.5, 0.6) is 5.75 Å². The predicted octanol–water partition coefficient (Wildman–Crippen LogP) is 1.55. The molecule has 176 valence electrons. The minimum Gasteiger partial charge on any atom is -0.495 e. The number of rotatable bonds is 3. The van der Waals surface area contributed by atoms with E-state index in [1.54, 1.807) is 13.2 Å². The van der Waals surface area contributed by atoms with Crippen molar-refractivity contribution in [3.63, 3.8) is 0 Å². The van der Waals surface area contributed by atoms with Gasteiger partial charge in [-0.15, -0.1) is 0 Å². The molecule has 2 aromatic rings. The zero-order valence-electron chi connectivity index (χ0n) is 18.7. The average Bonchev–Trinajstić information content (AvgIpc) is 2.85. The van der Waals surface area contributed by atoms with Gasteiger partial charge in [0.15, 0.2) is 5.41 Å². The predicted molar refractivity (Wildman–Crippen MR) is 122 cm³/mol. The second-order valence-electron chi connectivity index (χ2n) is 8.67. The van der Waals surface area contributed by atoms with Crippen LogP contribution in [0.3, 0.4) is 0 Å². The van der Waals surface area contributed by atoms with Crippen molar-refractivity contribution < 1.29 is 24.0 Å². The van der Waals surface area contributed by atoms with Gasteiger partial charge in [-0.25, -0.2) is 4.79 Å².